The van der Waals surface area contributed by atoms with Gasteiger partial charge in [0.15, 0.2) is 0 Å². The van der Waals surface area contributed by atoms with Crippen molar-refractivity contribution in [1.29, 1.82) is 0 Å². The Morgan fingerprint density at radius 1 is 1.13 bits per heavy atom. The Labute approximate surface area is 180 Å². The molecule has 2 aromatic carbocycles. The number of hydrogen-bond donors (Lipinski definition) is 1. The van der Waals surface area contributed by atoms with Gasteiger partial charge in [-0.25, -0.2) is 4.79 Å². The Balaban J connectivity index is 1.73. The number of hydrogen-bond acceptors (Lipinski definition) is 7. The maximum atomic E-state index is 12.7. The Morgan fingerprint density at radius 2 is 1.81 bits per heavy atom. The van der Waals surface area contributed by atoms with Crippen LogP contribution in [0.2, 0.25) is 0 Å². The molecule has 0 radical (unpaired) electrons. The number of carbonyl (C=O) groups excluding carboxylic acids is 2. The maximum absolute atomic E-state index is 12.7. The number of ether oxygens (including phenoxy) is 2. The van der Waals surface area contributed by atoms with E-state index in [0.29, 0.717) is 13.2 Å². The molecule has 1 aliphatic heterocycles. The monoisotopic (exact) mass is 427 g/mol. The first-order chi connectivity index (χ1) is 15.0. The topological polar surface area (TPSA) is 111 Å². The van der Waals surface area contributed by atoms with Crippen molar-refractivity contribution >= 4 is 17.6 Å². The van der Waals surface area contributed by atoms with Gasteiger partial charge in [-0.15, -0.1) is 0 Å². The third-order valence-corrected chi connectivity index (χ3v) is 4.96. The van der Waals surface area contributed by atoms with Gasteiger partial charge in [-0.2, -0.15) is 0 Å². The van der Waals surface area contributed by atoms with Crippen LogP contribution >= 0.6 is 0 Å². The molecule has 1 aliphatic rings. The lowest BCUT2D eigenvalue weighted by Gasteiger charge is -2.27. The van der Waals surface area contributed by atoms with E-state index in [2.05, 4.69) is 10.2 Å². The Bertz CT molecular complexity index is 956. The number of nitro benzene ring substituents is 1. The van der Waals surface area contributed by atoms with Gasteiger partial charge in [0.2, 0.25) is 0 Å². The number of benzene rings is 2. The molecule has 3 rings (SSSR count). The second-order valence-corrected chi connectivity index (χ2v) is 7.09. The lowest BCUT2D eigenvalue weighted by Crippen LogP contribution is -2.36. The lowest BCUT2D eigenvalue weighted by molar-refractivity contribution is -0.384. The van der Waals surface area contributed by atoms with Crippen LogP contribution in [0.4, 0.5) is 5.69 Å². The minimum absolute atomic E-state index is 0.0305. The highest BCUT2D eigenvalue weighted by Gasteiger charge is 2.19. The molecule has 9 heteroatoms. The number of rotatable bonds is 8. The summed E-state index contributed by atoms with van der Waals surface area (Å²) in [7, 11) is 0. The molecular weight excluding hydrogens is 402 g/mol. The van der Waals surface area contributed by atoms with Gasteiger partial charge in [0, 0.05) is 43.9 Å². The highest BCUT2D eigenvalue weighted by atomic mass is 16.6. The van der Waals surface area contributed by atoms with Crippen LogP contribution in [0.25, 0.3) is 0 Å². The zero-order chi connectivity index (χ0) is 22.2. The third kappa shape index (κ3) is 6.09. The summed E-state index contributed by atoms with van der Waals surface area (Å²) in [4.78, 5) is 37.6. The van der Waals surface area contributed by atoms with E-state index in [0.717, 1.165) is 42.9 Å². The molecule has 9 nitrogen and oxygen atoms in total. The number of esters is 1. The van der Waals surface area contributed by atoms with Gasteiger partial charge in [0.1, 0.15) is 0 Å². The molecule has 1 amide bonds. The molecule has 1 fully saturated rings. The van der Waals surface area contributed by atoms with Crippen molar-refractivity contribution < 1.29 is 24.0 Å². The molecule has 2 aromatic rings. The molecule has 164 valence electrons. The zero-order valence-electron chi connectivity index (χ0n) is 17.3. The van der Waals surface area contributed by atoms with Crippen molar-refractivity contribution in [2.75, 3.05) is 32.9 Å². The van der Waals surface area contributed by atoms with Gasteiger partial charge in [0.25, 0.3) is 11.6 Å². The van der Waals surface area contributed by atoms with Crippen LogP contribution in [-0.2, 0) is 22.6 Å². The highest BCUT2D eigenvalue weighted by Crippen LogP contribution is 2.19. The summed E-state index contributed by atoms with van der Waals surface area (Å²) in [6, 6.07) is 11.4. The van der Waals surface area contributed by atoms with E-state index in [1.165, 1.54) is 6.07 Å². The number of non-ortho nitro benzene ring substituents is 1. The van der Waals surface area contributed by atoms with Crippen LogP contribution in [0, 0.1) is 10.1 Å². The number of nitro groups is 1. The van der Waals surface area contributed by atoms with Crippen molar-refractivity contribution in [2.24, 2.45) is 0 Å². The van der Waals surface area contributed by atoms with Crippen LogP contribution in [0.5, 0.6) is 0 Å². The largest absolute Gasteiger partial charge is 0.462 e. The van der Waals surface area contributed by atoms with Crippen LogP contribution < -0.4 is 5.32 Å². The van der Waals surface area contributed by atoms with E-state index in [1.54, 1.807) is 6.92 Å². The standard InChI is InChI=1S/C22H25N3O6/c1-2-31-22(27)19-11-18(12-20(13-19)25(28)29)21(26)23-14-16-5-3-4-6-17(16)15-24-7-9-30-10-8-24/h3-6,11-13H,2,7-10,14-15H2,1H3,(H,23,26). The number of nitrogens with zero attached hydrogens (tertiary/aromatic N) is 2. The predicted molar refractivity (Wildman–Crippen MR) is 113 cm³/mol. The van der Waals surface area contributed by atoms with Crippen LogP contribution in [0.15, 0.2) is 42.5 Å². The SMILES string of the molecule is CCOC(=O)c1cc(C(=O)NCc2ccccc2CN2CCOCC2)cc([N+](=O)[O-])c1. The Kier molecular flexibility index (Phi) is 7.69. The Morgan fingerprint density at radius 3 is 2.48 bits per heavy atom. The number of morpholine rings is 1. The quantitative estimate of drug-likeness (QED) is 0.391. The van der Waals surface area contributed by atoms with Crippen molar-refractivity contribution in [1.82, 2.24) is 10.2 Å². The number of amides is 1. The average Bonchev–Trinajstić information content (AvgIpc) is 2.78. The zero-order valence-corrected chi connectivity index (χ0v) is 17.3. The molecule has 0 aliphatic carbocycles. The van der Waals surface area contributed by atoms with Crippen molar-refractivity contribution in [3.05, 3.63) is 74.8 Å². The van der Waals surface area contributed by atoms with Gasteiger partial charge in [0.05, 0.1) is 30.3 Å². The molecule has 0 aromatic heterocycles. The second kappa shape index (κ2) is 10.6. The summed E-state index contributed by atoms with van der Waals surface area (Å²) in [6.45, 7) is 5.88. The molecule has 0 atom stereocenters. The van der Waals surface area contributed by atoms with Crippen molar-refractivity contribution in [3.63, 3.8) is 0 Å². The summed E-state index contributed by atoms with van der Waals surface area (Å²) in [5.74, 6) is -1.22. The summed E-state index contributed by atoms with van der Waals surface area (Å²) >= 11 is 0. The van der Waals surface area contributed by atoms with E-state index in [4.69, 9.17) is 9.47 Å². The lowest BCUT2D eigenvalue weighted by atomic mass is 10.1. The van der Waals surface area contributed by atoms with Crippen molar-refractivity contribution in [2.45, 2.75) is 20.0 Å². The second-order valence-electron chi connectivity index (χ2n) is 7.09. The molecule has 1 heterocycles. The van der Waals surface area contributed by atoms with Crippen molar-refractivity contribution in [3.8, 4) is 0 Å². The minimum Gasteiger partial charge on any atom is -0.462 e. The number of carbonyl (C=O) groups is 2. The summed E-state index contributed by atoms with van der Waals surface area (Å²) in [6.07, 6.45) is 0. The summed E-state index contributed by atoms with van der Waals surface area (Å²) in [5, 5.41) is 14.0. The molecule has 0 saturated carbocycles. The van der Waals surface area contributed by atoms with Gasteiger partial charge < -0.3 is 14.8 Å². The van der Waals surface area contributed by atoms with Crippen LogP contribution in [-0.4, -0.2) is 54.6 Å². The number of nitrogens with one attached hydrogen (secondary N) is 1. The molecule has 0 unspecified atom stereocenters. The molecule has 1 saturated heterocycles. The minimum atomic E-state index is -0.712. The Hall–Kier alpha value is -3.30. The van der Waals surface area contributed by atoms with E-state index in [-0.39, 0.29) is 30.0 Å². The van der Waals surface area contributed by atoms with Gasteiger partial charge in [-0.3, -0.25) is 19.8 Å². The predicted octanol–water partition coefficient (Wildman–Crippen LogP) is 2.53. The smallest absolute Gasteiger partial charge is 0.338 e. The fourth-order valence-electron chi connectivity index (χ4n) is 3.34. The van der Waals surface area contributed by atoms with Gasteiger partial charge in [-0.05, 0) is 24.1 Å². The highest BCUT2D eigenvalue weighted by molar-refractivity contribution is 5.99. The van der Waals surface area contributed by atoms with Crippen LogP contribution in [0.3, 0.4) is 0 Å². The van der Waals surface area contributed by atoms with Crippen LogP contribution in [0.1, 0.15) is 38.8 Å². The average molecular weight is 427 g/mol. The molecule has 0 bridgehead atoms. The maximum Gasteiger partial charge on any atom is 0.338 e. The summed E-state index contributed by atoms with van der Waals surface area (Å²) < 4.78 is 10.3. The molecule has 31 heavy (non-hydrogen) atoms. The first kappa shape index (κ1) is 22.4. The molecular formula is C22H25N3O6. The summed E-state index contributed by atoms with van der Waals surface area (Å²) in [5.41, 5.74) is 1.70. The fraction of sp³-hybridized carbons (Fsp3) is 0.364. The first-order valence-electron chi connectivity index (χ1n) is 10.1. The van der Waals surface area contributed by atoms with Gasteiger partial charge >= 0.3 is 5.97 Å². The van der Waals surface area contributed by atoms with Gasteiger partial charge in [-0.1, -0.05) is 24.3 Å². The fourth-order valence-corrected chi connectivity index (χ4v) is 3.34. The first-order valence-corrected chi connectivity index (χ1v) is 10.1. The van der Waals surface area contributed by atoms with E-state index < -0.39 is 16.8 Å². The van der Waals surface area contributed by atoms with E-state index >= 15 is 0 Å². The van der Waals surface area contributed by atoms with E-state index in [9.17, 15) is 19.7 Å². The molecule has 1 N–H and O–H groups in total. The third-order valence-electron chi connectivity index (χ3n) is 4.96. The van der Waals surface area contributed by atoms with E-state index in [1.807, 2.05) is 24.3 Å². The normalized spacial score (nSPS) is 14.1. The molecule has 0 spiro atoms.